The molecule has 0 bridgehead atoms. The van der Waals surface area contributed by atoms with E-state index in [0.29, 0.717) is 6.42 Å². The van der Waals surface area contributed by atoms with Crippen molar-refractivity contribution >= 4 is 5.97 Å². The van der Waals surface area contributed by atoms with E-state index >= 15 is 0 Å². The van der Waals surface area contributed by atoms with Crippen molar-refractivity contribution in [3.63, 3.8) is 0 Å². The number of pyridine rings is 1. The fourth-order valence-electron chi connectivity index (χ4n) is 2.52. The Morgan fingerprint density at radius 2 is 1.82 bits per heavy atom. The molecule has 0 aliphatic carbocycles. The molecule has 0 unspecified atom stereocenters. The third-order valence-corrected chi connectivity index (χ3v) is 3.49. The Morgan fingerprint density at radius 3 is 2.41 bits per heavy atom. The summed E-state index contributed by atoms with van der Waals surface area (Å²) in [4.78, 5) is 15.5. The second kappa shape index (κ2) is 5.81. The normalized spacial score (nSPS) is 10.6. The molecule has 0 aliphatic heterocycles. The highest BCUT2D eigenvalue weighted by atomic mass is 16.4. The lowest BCUT2D eigenvalue weighted by Crippen LogP contribution is -2.02. The van der Waals surface area contributed by atoms with Gasteiger partial charge >= 0.3 is 5.97 Å². The van der Waals surface area contributed by atoms with Gasteiger partial charge in [-0.25, -0.2) is 9.48 Å². The molecule has 5 heteroatoms. The first-order valence-electron chi connectivity index (χ1n) is 7.03. The van der Waals surface area contributed by atoms with Gasteiger partial charge in [-0.2, -0.15) is 5.10 Å². The Bertz CT molecular complexity index is 796. The quantitative estimate of drug-likeness (QED) is 0.802. The first-order valence-corrected chi connectivity index (χ1v) is 7.03. The SMILES string of the molecule is CCc1c(C(=O)O)nn(-c2ccccc2)c1-c1ccncc1. The van der Waals surface area contributed by atoms with Gasteiger partial charge in [-0.1, -0.05) is 25.1 Å². The molecule has 0 radical (unpaired) electrons. The standard InChI is InChI=1S/C17H15N3O2/c1-2-14-15(17(21)22)19-20(13-6-4-3-5-7-13)16(14)12-8-10-18-11-9-12/h3-11H,2H2,1H3,(H,21,22). The number of carboxylic acid groups (broad SMARTS) is 1. The Hall–Kier alpha value is -2.95. The molecule has 2 heterocycles. The predicted molar refractivity (Wildman–Crippen MR) is 83.1 cm³/mol. The molecule has 0 aliphatic rings. The van der Waals surface area contributed by atoms with E-state index in [-0.39, 0.29) is 5.69 Å². The number of nitrogens with zero attached hydrogens (tertiary/aromatic N) is 3. The first-order chi connectivity index (χ1) is 10.7. The van der Waals surface area contributed by atoms with E-state index in [1.54, 1.807) is 17.1 Å². The largest absolute Gasteiger partial charge is 0.476 e. The molecule has 0 amide bonds. The van der Waals surface area contributed by atoms with Gasteiger partial charge in [0, 0.05) is 23.5 Å². The molecule has 0 spiro atoms. The van der Waals surface area contributed by atoms with Crippen LogP contribution < -0.4 is 0 Å². The second-order valence-electron chi connectivity index (χ2n) is 4.82. The molecule has 110 valence electrons. The molecule has 2 aromatic heterocycles. The highest BCUT2D eigenvalue weighted by molar-refractivity contribution is 5.90. The minimum Gasteiger partial charge on any atom is -0.476 e. The van der Waals surface area contributed by atoms with Crippen LogP contribution in [0.25, 0.3) is 16.9 Å². The van der Waals surface area contributed by atoms with Crippen molar-refractivity contribution in [3.05, 3.63) is 66.1 Å². The molecule has 5 nitrogen and oxygen atoms in total. The van der Waals surface area contributed by atoms with E-state index < -0.39 is 5.97 Å². The molecule has 3 rings (SSSR count). The summed E-state index contributed by atoms with van der Waals surface area (Å²) < 4.78 is 1.69. The molecule has 1 aromatic carbocycles. The third-order valence-electron chi connectivity index (χ3n) is 3.49. The Kier molecular flexibility index (Phi) is 3.70. The summed E-state index contributed by atoms with van der Waals surface area (Å²) in [5, 5.41) is 13.8. The van der Waals surface area contributed by atoms with Crippen molar-refractivity contribution < 1.29 is 9.90 Å². The summed E-state index contributed by atoms with van der Waals surface area (Å²) in [6.07, 6.45) is 3.97. The van der Waals surface area contributed by atoms with Crippen LogP contribution in [-0.4, -0.2) is 25.8 Å². The Morgan fingerprint density at radius 1 is 1.14 bits per heavy atom. The van der Waals surface area contributed by atoms with Crippen LogP contribution in [0.15, 0.2) is 54.9 Å². The van der Waals surface area contributed by atoms with Crippen LogP contribution in [0.4, 0.5) is 0 Å². The summed E-state index contributed by atoms with van der Waals surface area (Å²) in [6, 6.07) is 13.3. The van der Waals surface area contributed by atoms with Crippen LogP contribution in [0.1, 0.15) is 23.0 Å². The fourth-order valence-corrected chi connectivity index (χ4v) is 2.52. The maximum Gasteiger partial charge on any atom is 0.356 e. The van der Waals surface area contributed by atoms with Crippen molar-refractivity contribution in [2.75, 3.05) is 0 Å². The number of carboxylic acids is 1. The van der Waals surface area contributed by atoms with E-state index in [2.05, 4.69) is 10.1 Å². The fraction of sp³-hybridized carbons (Fsp3) is 0.118. The van der Waals surface area contributed by atoms with Crippen molar-refractivity contribution in [1.29, 1.82) is 0 Å². The highest BCUT2D eigenvalue weighted by Gasteiger charge is 2.23. The molecular formula is C17H15N3O2. The average Bonchev–Trinajstić information content (AvgIpc) is 2.96. The van der Waals surface area contributed by atoms with E-state index in [4.69, 9.17) is 0 Å². The average molecular weight is 293 g/mol. The van der Waals surface area contributed by atoms with Gasteiger partial charge in [0.15, 0.2) is 5.69 Å². The predicted octanol–water partition coefficient (Wildman–Crippen LogP) is 3.19. The van der Waals surface area contributed by atoms with Crippen LogP contribution in [0.2, 0.25) is 0 Å². The van der Waals surface area contributed by atoms with Gasteiger partial charge < -0.3 is 5.11 Å². The molecule has 0 saturated carbocycles. The molecule has 0 saturated heterocycles. The topological polar surface area (TPSA) is 68.0 Å². The number of rotatable bonds is 4. The van der Waals surface area contributed by atoms with Crippen LogP contribution in [0, 0.1) is 0 Å². The summed E-state index contributed by atoms with van der Waals surface area (Å²) in [6.45, 7) is 1.93. The van der Waals surface area contributed by atoms with Gasteiger partial charge in [0.25, 0.3) is 0 Å². The first kappa shape index (κ1) is 14.0. The van der Waals surface area contributed by atoms with Gasteiger partial charge in [-0.3, -0.25) is 4.98 Å². The zero-order chi connectivity index (χ0) is 15.5. The molecule has 0 fully saturated rings. The summed E-state index contributed by atoms with van der Waals surface area (Å²) in [5.74, 6) is -1.01. The maximum atomic E-state index is 11.5. The van der Waals surface area contributed by atoms with Gasteiger partial charge in [0.1, 0.15) is 0 Å². The number of aromatic nitrogens is 3. The minimum atomic E-state index is -1.01. The van der Waals surface area contributed by atoms with Crippen molar-refractivity contribution in [1.82, 2.24) is 14.8 Å². The molecule has 1 N–H and O–H groups in total. The van der Waals surface area contributed by atoms with Crippen LogP contribution in [0.3, 0.4) is 0 Å². The van der Waals surface area contributed by atoms with E-state index in [1.807, 2.05) is 49.4 Å². The number of para-hydroxylation sites is 1. The van der Waals surface area contributed by atoms with Gasteiger partial charge in [-0.05, 0) is 30.7 Å². The number of hydrogen-bond acceptors (Lipinski definition) is 3. The second-order valence-corrected chi connectivity index (χ2v) is 4.82. The zero-order valence-corrected chi connectivity index (χ0v) is 12.1. The van der Waals surface area contributed by atoms with E-state index in [9.17, 15) is 9.90 Å². The molecular weight excluding hydrogens is 278 g/mol. The number of aromatic carboxylic acids is 1. The van der Waals surface area contributed by atoms with Gasteiger partial charge in [0.05, 0.1) is 11.4 Å². The number of hydrogen-bond donors (Lipinski definition) is 1. The number of carbonyl (C=O) groups is 1. The minimum absolute atomic E-state index is 0.0955. The number of benzene rings is 1. The van der Waals surface area contributed by atoms with Crippen molar-refractivity contribution in [2.45, 2.75) is 13.3 Å². The summed E-state index contributed by atoms with van der Waals surface area (Å²) in [5.41, 5.74) is 3.35. The lowest BCUT2D eigenvalue weighted by atomic mass is 10.0. The Labute approximate surface area is 127 Å². The third kappa shape index (κ3) is 2.37. The zero-order valence-electron chi connectivity index (χ0n) is 12.1. The summed E-state index contributed by atoms with van der Waals surface area (Å²) >= 11 is 0. The van der Waals surface area contributed by atoms with Gasteiger partial charge in [-0.15, -0.1) is 0 Å². The van der Waals surface area contributed by atoms with E-state index in [0.717, 1.165) is 22.5 Å². The van der Waals surface area contributed by atoms with Crippen LogP contribution >= 0.6 is 0 Å². The smallest absolute Gasteiger partial charge is 0.356 e. The summed E-state index contributed by atoms with van der Waals surface area (Å²) in [7, 11) is 0. The monoisotopic (exact) mass is 293 g/mol. The molecule has 3 aromatic rings. The van der Waals surface area contributed by atoms with Crippen molar-refractivity contribution in [2.24, 2.45) is 0 Å². The van der Waals surface area contributed by atoms with Crippen LogP contribution in [0.5, 0.6) is 0 Å². The highest BCUT2D eigenvalue weighted by Crippen LogP contribution is 2.29. The maximum absolute atomic E-state index is 11.5. The Balaban J connectivity index is 2.32. The molecule has 0 atom stereocenters. The molecule has 22 heavy (non-hydrogen) atoms. The van der Waals surface area contributed by atoms with Gasteiger partial charge in [0.2, 0.25) is 0 Å². The lowest BCUT2D eigenvalue weighted by molar-refractivity contribution is 0.0689. The lowest BCUT2D eigenvalue weighted by Gasteiger charge is -2.09. The van der Waals surface area contributed by atoms with E-state index in [1.165, 1.54) is 0 Å². The van der Waals surface area contributed by atoms with Crippen molar-refractivity contribution in [3.8, 4) is 16.9 Å². The van der Waals surface area contributed by atoms with Crippen LogP contribution in [-0.2, 0) is 6.42 Å².